The Balaban J connectivity index is 1.71. The van der Waals surface area contributed by atoms with Gasteiger partial charge in [-0.2, -0.15) is 5.10 Å². The summed E-state index contributed by atoms with van der Waals surface area (Å²) in [5.74, 6) is 1.73. The van der Waals surface area contributed by atoms with E-state index in [1.807, 2.05) is 44.3 Å². The van der Waals surface area contributed by atoms with Crippen LogP contribution in [0.15, 0.2) is 48.8 Å². The Labute approximate surface area is 158 Å². The summed E-state index contributed by atoms with van der Waals surface area (Å²) in [6, 6.07) is 10.8. The molecule has 1 aromatic carbocycles. The first-order valence-electron chi connectivity index (χ1n) is 8.53. The van der Waals surface area contributed by atoms with Gasteiger partial charge in [-0.05, 0) is 49.7 Å². The van der Waals surface area contributed by atoms with E-state index in [0.29, 0.717) is 22.9 Å². The minimum Gasteiger partial charge on any atom is -0.493 e. The number of ether oxygens (including phenoxy) is 2. The molecule has 3 aromatic rings. The van der Waals surface area contributed by atoms with E-state index < -0.39 is 0 Å². The van der Waals surface area contributed by atoms with Crippen LogP contribution in [0.5, 0.6) is 11.5 Å². The van der Waals surface area contributed by atoms with Crippen molar-refractivity contribution in [3.63, 3.8) is 0 Å². The van der Waals surface area contributed by atoms with Crippen LogP contribution in [0.3, 0.4) is 0 Å². The molecule has 0 bridgehead atoms. The van der Waals surface area contributed by atoms with Crippen LogP contribution in [-0.2, 0) is 0 Å². The van der Waals surface area contributed by atoms with Gasteiger partial charge in [0.2, 0.25) is 0 Å². The fourth-order valence-electron chi connectivity index (χ4n) is 2.68. The van der Waals surface area contributed by atoms with Crippen LogP contribution in [0.25, 0.3) is 5.82 Å². The zero-order valence-corrected chi connectivity index (χ0v) is 15.8. The van der Waals surface area contributed by atoms with Gasteiger partial charge in [0.05, 0.1) is 31.5 Å². The van der Waals surface area contributed by atoms with Crippen molar-refractivity contribution < 1.29 is 14.3 Å². The quantitative estimate of drug-likeness (QED) is 0.725. The number of benzene rings is 1. The lowest BCUT2D eigenvalue weighted by molar-refractivity contribution is 0.0939. The lowest BCUT2D eigenvalue weighted by Gasteiger charge is -2.16. The third kappa shape index (κ3) is 4.08. The average Bonchev–Trinajstić information content (AvgIpc) is 3.13. The minimum atomic E-state index is -0.203. The van der Waals surface area contributed by atoms with E-state index in [0.717, 1.165) is 11.3 Å². The van der Waals surface area contributed by atoms with Crippen molar-refractivity contribution in [3.8, 4) is 17.3 Å². The van der Waals surface area contributed by atoms with Crippen molar-refractivity contribution in [1.82, 2.24) is 20.1 Å². The molecule has 0 spiro atoms. The zero-order chi connectivity index (χ0) is 19.4. The van der Waals surface area contributed by atoms with Gasteiger partial charge >= 0.3 is 0 Å². The van der Waals surface area contributed by atoms with Crippen LogP contribution in [0.4, 0.5) is 0 Å². The maximum atomic E-state index is 12.5. The lowest BCUT2D eigenvalue weighted by Crippen LogP contribution is -2.26. The molecule has 2 heterocycles. The smallest absolute Gasteiger partial charge is 0.253 e. The molecule has 1 N–H and O–H groups in total. The first kappa shape index (κ1) is 18.4. The van der Waals surface area contributed by atoms with Gasteiger partial charge in [-0.25, -0.2) is 9.67 Å². The number of carbonyl (C=O) groups is 1. The van der Waals surface area contributed by atoms with Crippen molar-refractivity contribution in [2.24, 2.45) is 0 Å². The highest BCUT2D eigenvalue weighted by Crippen LogP contribution is 2.29. The Morgan fingerprint density at radius 3 is 2.48 bits per heavy atom. The van der Waals surface area contributed by atoms with E-state index in [2.05, 4.69) is 15.4 Å². The number of hydrogen-bond acceptors (Lipinski definition) is 5. The zero-order valence-electron chi connectivity index (χ0n) is 15.8. The summed E-state index contributed by atoms with van der Waals surface area (Å²) in [6.45, 7) is 3.82. The van der Waals surface area contributed by atoms with E-state index in [-0.39, 0.29) is 11.9 Å². The maximum absolute atomic E-state index is 12.5. The summed E-state index contributed by atoms with van der Waals surface area (Å²) < 4.78 is 12.2. The van der Waals surface area contributed by atoms with Crippen molar-refractivity contribution >= 4 is 5.91 Å². The summed E-state index contributed by atoms with van der Waals surface area (Å²) >= 11 is 0. The van der Waals surface area contributed by atoms with Crippen LogP contribution < -0.4 is 14.8 Å². The van der Waals surface area contributed by atoms with E-state index >= 15 is 0 Å². The molecule has 2 aromatic heterocycles. The van der Waals surface area contributed by atoms with Gasteiger partial charge in [0.15, 0.2) is 17.3 Å². The minimum absolute atomic E-state index is 0.201. The number of methoxy groups -OCH3 is 2. The number of pyridine rings is 1. The van der Waals surface area contributed by atoms with Gasteiger partial charge in [0, 0.05) is 12.4 Å². The van der Waals surface area contributed by atoms with E-state index in [1.54, 1.807) is 37.2 Å². The van der Waals surface area contributed by atoms with Gasteiger partial charge < -0.3 is 14.8 Å². The topological polar surface area (TPSA) is 78.3 Å². The Bertz CT molecular complexity index is 935. The Morgan fingerprint density at radius 1 is 1.11 bits per heavy atom. The van der Waals surface area contributed by atoms with Crippen LogP contribution in [0.1, 0.15) is 34.6 Å². The number of nitrogens with zero attached hydrogens (tertiary/aromatic N) is 3. The molecule has 0 aliphatic rings. The number of nitrogens with one attached hydrogen (secondary N) is 1. The van der Waals surface area contributed by atoms with Gasteiger partial charge in [-0.3, -0.25) is 4.79 Å². The number of hydrogen-bond donors (Lipinski definition) is 1. The lowest BCUT2D eigenvalue weighted by atomic mass is 10.1. The molecule has 27 heavy (non-hydrogen) atoms. The highest BCUT2D eigenvalue weighted by molar-refractivity contribution is 5.94. The molecule has 0 radical (unpaired) electrons. The third-order valence-electron chi connectivity index (χ3n) is 4.22. The molecule has 1 amide bonds. The van der Waals surface area contributed by atoms with Gasteiger partial charge in [0.25, 0.3) is 5.91 Å². The first-order valence-corrected chi connectivity index (χ1v) is 8.53. The first-order chi connectivity index (χ1) is 13.0. The Hall–Kier alpha value is -3.35. The molecular formula is C20H22N4O3. The summed E-state index contributed by atoms with van der Waals surface area (Å²) in [6.07, 6.45) is 3.37. The van der Waals surface area contributed by atoms with Crippen LogP contribution in [0.2, 0.25) is 0 Å². The fourth-order valence-corrected chi connectivity index (χ4v) is 2.68. The molecule has 140 valence electrons. The molecule has 0 unspecified atom stereocenters. The number of carbonyl (C=O) groups excluding carboxylic acids is 1. The van der Waals surface area contributed by atoms with Crippen LogP contribution in [-0.4, -0.2) is 34.9 Å². The summed E-state index contributed by atoms with van der Waals surface area (Å²) in [5.41, 5.74) is 2.30. The number of amides is 1. The summed E-state index contributed by atoms with van der Waals surface area (Å²) in [4.78, 5) is 16.8. The molecule has 7 nitrogen and oxygen atoms in total. The normalized spacial score (nSPS) is 11.7. The van der Waals surface area contributed by atoms with Gasteiger partial charge in [0.1, 0.15) is 0 Å². The number of aromatic nitrogens is 3. The Kier molecular flexibility index (Phi) is 5.40. The van der Waals surface area contributed by atoms with Crippen molar-refractivity contribution in [2.75, 3.05) is 14.2 Å². The second kappa shape index (κ2) is 7.90. The third-order valence-corrected chi connectivity index (χ3v) is 4.22. The van der Waals surface area contributed by atoms with E-state index in [1.165, 1.54) is 0 Å². The molecule has 1 atom stereocenters. The predicted octanol–water partition coefficient (Wildman–Crippen LogP) is 3.08. The monoisotopic (exact) mass is 366 g/mol. The van der Waals surface area contributed by atoms with Crippen molar-refractivity contribution in [1.29, 1.82) is 0 Å². The number of aryl methyl sites for hydroxylation is 1. The van der Waals surface area contributed by atoms with Crippen molar-refractivity contribution in [2.45, 2.75) is 19.9 Å². The molecule has 0 aliphatic carbocycles. The molecular weight excluding hydrogens is 344 g/mol. The standard InChI is InChI=1S/C20H22N4O3/c1-13-9-10-24(23-13)19-8-6-16(12-21-19)20(25)22-14(2)15-5-7-17(26-3)18(11-15)27-4/h5-12,14H,1-4H3,(H,22,25)/t14-/m0/s1. The molecule has 0 aliphatic heterocycles. The largest absolute Gasteiger partial charge is 0.493 e. The summed E-state index contributed by atoms with van der Waals surface area (Å²) in [5, 5.41) is 7.27. The molecule has 0 saturated heterocycles. The van der Waals surface area contributed by atoms with E-state index in [4.69, 9.17) is 9.47 Å². The number of rotatable bonds is 6. The second-order valence-electron chi connectivity index (χ2n) is 6.12. The van der Waals surface area contributed by atoms with Crippen molar-refractivity contribution in [3.05, 3.63) is 65.6 Å². The van der Waals surface area contributed by atoms with Crippen LogP contribution in [0, 0.1) is 6.92 Å². The fraction of sp³-hybridized carbons (Fsp3) is 0.250. The molecule has 0 saturated carbocycles. The molecule has 3 rings (SSSR count). The SMILES string of the molecule is COc1ccc([C@H](C)NC(=O)c2ccc(-n3ccc(C)n3)nc2)cc1OC. The highest BCUT2D eigenvalue weighted by Gasteiger charge is 2.14. The molecule has 0 fully saturated rings. The average molecular weight is 366 g/mol. The van der Waals surface area contributed by atoms with Gasteiger partial charge in [-0.1, -0.05) is 6.07 Å². The second-order valence-corrected chi connectivity index (χ2v) is 6.12. The van der Waals surface area contributed by atoms with Gasteiger partial charge in [-0.15, -0.1) is 0 Å². The van der Waals surface area contributed by atoms with Crippen LogP contribution >= 0.6 is 0 Å². The predicted molar refractivity (Wildman–Crippen MR) is 102 cm³/mol. The Morgan fingerprint density at radius 2 is 1.89 bits per heavy atom. The highest BCUT2D eigenvalue weighted by atomic mass is 16.5. The maximum Gasteiger partial charge on any atom is 0.253 e. The molecule has 7 heteroatoms. The summed E-state index contributed by atoms with van der Waals surface area (Å²) in [7, 11) is 3.17. The van der Waals surface area contributed by atoms with E-state index in [9.17, 15) is 4.79 Å².